The zero-order valence-corrected chi connectivity index (χ0v) is 16.7. The maximum absolute atomic E-state index is 11.6. The molecule has 0 aromatic carbocycles. The summed E-state index contributed by atoms with van der Waals surface area (Å²) in [6.45, 7) is 5.05. The molecule has 152 valence electrons. The quantitative estimate of drug-likeness (QED) is 0.387. The molecule has 0 bridgehead atoms. The zero-order chi connectivity index (χ0) is 20.8. The predicted octanol–water partition coefficient (Wildman–Crippen LogP) is 1.53. The van der Waals surface area contributed by atoms with Crippen LogP contribution >= 0.6 is 11.8 Å². The van der Waals surface area contributed by atoms with Gasteiger partial charge < -0.3 is 18.9 Å². The Labute approximate surface area is 166 Å². The molecule has 0 N–H and O–H groups in total. The van der Waals surface area contributed by atoms with E-state index in [1.165, 1.54) is 57.9 Å². The molecule has 0 aliphatic carbocycles. The number of carbonyl (C=O) groups excluding carboxylic acids is 4. The lowest BCUT2D eigenvalue weighted by molar-refractivity contribution is -0.186. The number of ether oxygens (including phenoxy) is 4. The first kappa shape index (κ1) is 21.7. The van der Waals surface area contributed by atoms with Gasteiger partial charge in [-0.25, -0.2) is 0 Å². The van der Waals surface area contributed by atoms with Crippen molar-refractivity contribution >= 4 is 35.5 Å². The van der Waals surface area contributed by atoms with Gasteiger partial charge in [0.25, 0.3) is 0 Å². The smallest absolute Gasteiger partial charge is 0.303 e. The molecule has 1 aromatic heterocycles. The van der Waals surface area contributed by atoms with Gasteiger partial charge in [0.1, 0.15) is 5.75 Å². The molecule has 9 nitrogen and oxygen atoms in total. The SMILES string of the molecule is CC(=O)O[C@@H]1[C@@H](OC(C)=O)[C@@H](Oc2cncc(C(C)=O)c2)SC[C@H]1OC(C)=O. The number of hydrogen-bond acceptors (Lipinski definition) is 10. The predicted molar refractivity (Wildman–Crippen MR) is 97.8 cm³/mol. The van der Waals surface area contributed by atoms with Crippen molar-refractivity contribution in [3.8, 4) is 5.75 Å². The molecular weight excluding hydrogens is 390 g/mol. The normalized spacial score (nSPS) is 24.0. The van der Waals surface area contributed by atoms with Gasteiger partial charge >= 0.3 is 17.9 Å². The molecule has 0 spiro atoms. The van der Waals surface area contributed by atoms with E-state index in [2.05, 4.69) is 4.98 Å². The van der Waals surface area contributed by atoms with Gasteiger partial charge in [-0.1, -0.05) is 0 Å². The third kappa shape index (κ3) is 5.95. The summed E-state index contributed by atoms with van der Waals surface area (Å²) in [5.41, 5.74) is -0.416. The molecule has 0 amide bonds. The van der Waals surface area contributed by atoms with Crippen LogP contribution in [0.4, 0.5) is 0 Å². The van der Waals surface area contributed by atoms with Crippen LogP contribution in [-0.2, 0) is 28.6 Å². The number of carbonyl (C=O) groups is 4. The zero-order valence-electron chi connectivity index (χ0n) is 15.9. The lowest BCUT2D eigenvalue weighted by Gasteiger charge is -2.39. The van der Waals surface area contributed by atoms with Gasteiger partial charge in [0, 0.05) is 38.3 Å². The van der Waals surface area contributed by atoms with Crippen molar-refractivity contribution in [1.82, 2.24) is 4.98 Å². The minimum absolute atomic E-state index is 0.182. The van der Waals surface area contributed by atoms with Crippen LogP contribution < -0.4 is 4.74 Å². The number of pyridine rings is 1. The molecule has 28 heavy (non-hydrogen) atoms. The molecule has 0 radical (unpaired) electrons. The highest BCUT2D eigenvalue weighted by Gasteiger charge is 2.47. The number of Topliss-reactive ketones (excluding diaryl/α,β-unsaturated/α-hetero) is 1. The van der Waals surface area contributed by atoms with E-state index in [0.29, 0.717) is 5.56 Å². The first-order chi connectivity index (χ1) is 13.2. The maximum Gasteiger partial charge on any atom is 0.303 e. The molecule has 10 heteroatoms. The van der Waals surface area contributed by atoms with Crippen LogP contribution in [0.15, 0.2) is 18.5 Å². The van der Waals surface area contributed by atoms with Crippen molar-refractivity contribution in [3.63, 3.8) is 0 Å². The first-order valence-corrected chi connectivity index (χ1v) is 9.48. The van der Waals surface area contributed by atoms with Crippen LogP contribution in [-0.4, -0.2) is 58.2 Å². The summed E-state index contributed by atoms with van der Waals surface area (Å²) in [6.07, 6.45) is -0.0645. The van der Waals surface area contributed by atoms with E-state index in [-0.39, 0.29) is 17.3 Å². The van der Waals surface area contributed by atoms with Gasteiger partial charge in [0.05, 0.1) is 6.20 Å². The average Bonchev–Trinajstić information content (AvgIpc) is 2.59. The van der Waals surface area contributed by atoms with Gasteiger partial charge in [-0.05, 0) is 13.0 Å². The van der Waals surface area contributed by atoms with Crippen LogP contribution in [0.25, 0.3) is 0 Å². The van der Waals surface area contributed by atoms with E-state index in [9.17, 15) is 19.2 Å². The molecule has 1 saturated heterocycles. The Bertz CT molecular complexity index is 768. The van der Waals surface area contributed by atoms with Crippen molar-refractivity contribution < 1.29 is 38.1 Å². The van der Waals surface area contributed by atoms with Crippen molar-refractivity contribution in [2.75, 3.05) is 5.75 Å². The Morgan fingerprint density at radius 2 is 1.54 bits per heavy atom. The highest BCUT2D eigenvalue weighted by atomic mass is 32.2. The summed E-state index contributed by atoms with van der Waals surface area (Å²) < 4.78 is 21.7. The van der Waals surface area contributed by atoms with E-state index in [4.69, 9.17) is 18.9 Å². The van der Waals surface area contributed by atoms with E-state index < -0.39 is 41.7 Å². The summed E-state index contributed by atoms with van der Waals surface area (Å²) in [6, 6.07) is 1.51. The molecule has 1 aliphatic rings. The molecule has 2 heterocycles. The largest absolute Gasteiger partial charge is 0.474 e. The molecule has 0 unspecified atom stereocenters. The van der Waals surface area contributed by atoms with Crippen LogP contribution in [0.2, 0.25) is 0 Å². The molecular formula is C18H21NO8S. The average molecular weight is 411 g/mol. The summed E-state index contributed by atoms with van der Waals surface area (Å²) in [7, 11) is 0. The number of nitrogens with zero attached hydrogens (tertiary/aromatic N) is 1. The Morgan fingerprint density at radius 3 is 2.11 bits per heavy atom. The van der Waals surface area contributed by atoms with Gasteiger partial charge in [-0.2, -0.15) is 0 Å². The van der Waals surface area contributed by atoms with Crippen LogP contribution in [0.1, 0.15) is 38.1 Å². The minimum atomic E-state index is -1.04. The fraction of sp³-hybridized carbons (Fsp3) is 0.500. The standard InChI is InChI=1S/C18H21NO8S/c1-9(20)13-5-14(7-19-6-13)27-18-17(26-12(4)23)16(25-11(3)22)15(8-28-18)24-10(2)21/h5-7,15-18H,8H2,1-4H3/t15-,16+,17-,18+/m1/s1. The van der Waals surface area contributed by atoms with Crippen LogP contribution in [0.5, 0.6) is 5.75 Å². The maximum atomic E-state index is 11.6. The molecule has 4 atom stereocenters. The Morgan fingerprint density at radius 1 is 0.929 bits per heavy atom. The van der Waals surface area contributed by atoms with Crippen LogP contribution in [0, 0.1) is 0 Å². The second kappa shape index (κ2) is 9.54. The number of aromatic nitrogens is 1. The summed E-state index contributed by atoms with van der Waals surface area (Å²) in [5.74, 6) is -1.43. The van der Waals surface area contributed by atoms with Gasteiger partial charge in [-0.3, -0.25) is 24.2 Å². The molecule has 0 saturated carbocycles. The van der Waals surface area contributed by atoms with Crippen molar-refractivity contribution in [2.45, 2.75) is 51.4 Å². The summed E-state index contributed by atoms with van der Waals surface area (Å²) in [5, 5.41) is 0. The van der Waals surface area contributed by atoms with Crippen molar-refractivity contribution in [2.24, 2.45) is 0 Å². The van der Waals surface area contributed by atoms with E-state index in [1.807, 2.05) is 0 Å². The van der Waals surface area contributed by atoms with Crippen molar-refractivity contribution in [1.29, 1.82) is 0 Å². The summed E-state index contributed by atoms with van der Waals surface area (Å²) in [4.78, 5) is 50.1. The van der Waals surface area contributed by atoms with Gasteiger partial charge in [0.2, 0.25) is 0 Å². The third-order valence-electron chi connectivity index (χ3n) is 3.68. The minimum Gasteiger partial charge on any atom is -0.474 e. The Hall–Kier alpha value is -2.62. The molecule has 1 aliphatic heterocycles. The molecule has 1 fully saturated rings. The van der Waals surface area contributed by atoms with Gasteiger partial charge in [0.15, 0.2) is 29.5 Å². The summed E-state index contributed by atoms with van der Waals surface area (Å²) >= 11 is 1.22. The van der Waals surface area contributed by atoms with Gasteiger partial charge in [-0.15, -0.1) is 11.8 Å². The highest BCUT2D eigenvalue weighted by Crippen LogP contribution is 2.34. The monoisotopic (exact) mass is 411 g/mol. The fourth-order valence-corrected chi connectivity index (χ4v) is 3.84. The third-order valence-corrected chi connectivity index (χ3v) is 4.89. The van der Waals surface area contributed by atoms with E-state index in [1.54, 1.807) is 0 Å². The molecule has 2 rings (SSSR count). The Balaban J connectivity index is 2.30. The number of esters is 3. The number of ketones is 1. The lowest BCUT2D eigenvalue weighted by Crippen LogP contribution is -2.55. The Kier molecular flexibility index (Phi) is 7.38. The lowest BCUT2D eigenvalue weighted by atomic mass is 10.1. The number of rotatable bonds is 6. The fourth-order valence-electron chi connectivity index (χ4n) is 2.62. The topological polar surface area (TPSA) is 118 Å². The number of hydrogen-bond donors (Lipinski definition) is 0. The second-order valence-corrected chi connectivity index (χ2v) is 7.21. The van der Waals surface area contributed by atoms with E-state index in [0.717, 1.165) is 0 Å². The molecule has 1 aromatic rings. The highest BCUT2D eigenvalue weighted by molar-refractivity contribution is 7.99. The second-order valence-electron chi connectivity index (χ2n) is 6.08. The first-order valence-electron chi connectivity index (χ1n) is 8.43. The number of thioether (sulfide) groups is 1. The van der Waals surface area contributed by atoms with E-state index >= 15 is 0 Å². The van der Waals surface area contributed by atoms with Crippen LogP contribution in [0.3, 0.4) is 0 Å². The van der Waals surface area contributed by atoms with Crippen molar-refractivity contribution in [3.05, 3.63) is 24.0 Å².